The highest BCUT2D eigenvalue weighted by molar-refractivity contribution is 14.1. The average Bonchev–Trinajstić information content (AvgIpc) is 2.16. The topological polar surface area (TPSA) is 86.3 Å². The number of nitro groups is 2. The van der Waals surface area contributed by atoms with E-state index in [0.29, 0.717) is 9.99 Å². The van der Waals surface area contributed by atoms with E-state index in [9.17, 15) is 20.2 Å². The SMILES string of the molecule is O=[N+]([O-])c1ccc(CI)c([N+](=O)[O-])c1. The lowest BCUT2D eigenvalue weighted by molar-refractivity contribution is -0.394. The fraction of sp³-hybridized carbons (Fsp3) is 0.143. The van der Waals surface area contributed by atoms with Crippen molar-refractivity contribution in [3.8, 4) is 0 Å². The van der Waals surface area contributed by atoms with Crippen molar-refractivity contribution in [1.29, 1.82) is 0 Å². The van der Waals surface area contributed by atoms with Gasteiger partial charge in [0.2, 0.25) is 0 Å². The zero-order valence-electron chi connectivity index (χ0n) is 6.84. The van der Waals surface area contributed by atoms with Gasteiger partial charge in [-0.25, -0.2) is 0 Å². The number of nitrogens with zero attached hydrogens (tertiary/aromatic N) is 2. The molecule has 0 amide bonds. The number of alkyl halides is 1. The fourth-order valence-electron chi connectivity index (χ4n) is 0.949. The number of hydrogen-bond acceptors (Lipinski definition) is 4. The predicted octanol–water partition coefficient (Wildman–Crippen LogP) is 2.44. The minimum Gasteiger partial charge on any atom is -0.258 e. The first-order chi connectivity index (χ1) is 6.56. The summed E-state index contributed by atoms with van der Waals surface area (Å²) in [4.78, 5) is 19.6. The van der Waals surface area contributed by atoms with Crippen LogP contribution in [0.1, 0.15) is 5.56 Å². The van der Waals surface area contributed by atoms with Gasteiger partial charge < -0.3 is 0 Å². The second kappa shape index (κ2) is 4.31. The van der Waals surface area contributed by atoms with Gasteiger partial charge in [0.15, 0.2) is 0 Å². The molecule has 0 fully saturated rings. The van der Waals surface area contributed by atoms with Gasteiger partial charge in [-0.1, -0.05) is 22.6 Å². The van der Waals surface area contributed by atoms with Crippen LogP contribution in [0.25, 0.3) is 0 Å². The molecule has 0 radical (unpaired) electrons. The molecule has 14 heavy (non-hydrogen) atoms. The van der Waals surface area contributed by atoms with Crippen LogP contribution < -0.4 is 0 Å². The van der Waals surface area contributed by atoms with Gasteiger partial charge >= 0.3 is 0 Å². The normalized spacial score (nSPS) is 9.79. The first-order valence-corrected chi connectivity index (χ1v) is 5.06. The third-order valence-electron chi connectivity index (χ3n) is 1.62. The van der Waals surface area contributed by atoms with Crippen LogP contribution in [0.3, 0.4) is 0 Å². The molecular formula is C7H5IN2O4. The van der Waals surface area contributed by atoms with Crippen LogP contribution in [0.2, 0.25) is 0 Å². The minimum atomic E-state index is -0.649. The first kappa shape index (κ1) is 10.8. The van der Waals surface area contributed by atoms with E-state index in [1.54, 1.807) is 0 Å². The summed E-state index contributed by atoms with van der Waals surface area (Å²) < 4.78 is 0.450. The van der Waals surface area contributed by atoms with Crippen LogP contribution in [0.4, 0.5) is 11.4 Å². The molecule has 0 aliphatic heterocycles. The van der Waals surface area contributed by atoms with Crippen LogP contribution in [0.5, 0.6) is 0 Å². The molecule has 0 unspecified atom stereocenters. The summed E-state index contributed by atoms with van der Waals surface area (Å²) in [7, 11) is 0. The van der Waals surface area contributed by atoms with Crippen molar-refractivity contribution < 1.29 is 9.85 Å². The Morgan fingerprint density at radius 1 is 1.21 bits per heavy atom. The Labute approximate surface area is 92.4 Å². The van der Waals surface area contributed by atoms with Gasteiger partial charge in [-0.05, 0) is 6.07 Å². The zero-order chi connectivity index (χ0) is 10.7. The molecule has 0 bridgehead atoms. The molecule has 0 saturated heterocycles. The molecule has 74 valence electrons. The largest absolute Gasteiger partial charge is 0.280 e. The first-order valence-electron chi connectivity index (χ1n) is 3.54. The lowest BCUT2D eigenvalue weighted by Gasteiger charge is -1.97. The van der Waals surface area contributed by atoms with Crippen LogP contribution in [-0.4, -0.2) is 9.85 Å². The summed E-state index contributed by atoms with van der Waals surface area (Å²) in [5.74, 6) is 0. The van der Waals surface area contributed by atoms with Crippen molar-refractivity contribution in [3.63, 3.8) is 0 Å². The maximum Gasteiger partial charge on any atom is 0.280 e. The Kier molecular flexibility index (Phi) is 3.33. The van der Waals surface area contributed by atoms with Gasteiger partial charge in [-0.3, -0.25) is 20.2 Å². The molecule has 7 heteroatoms. The van der Waals surface area contributed by atoms with E-state index in [4.69, 9.17) is 0 Å². The summed E-state index contributed by atoms with van der Waals surface area (Å²) in [6.45, 7) is 0. The molecule has 1 aromatic rings. The van der Waals surface area contributed by atoms with E-state index >= 15 is 0 Å². The average molecular weight is 308 g/mol. The number of nitro benzene ring substituents is 2. The van der Waals surface area contributed by atoms with Crippen molar-refractivity contribution >= 4 is 34.0 Å². The maximum atomic E-state index is 10.5. The predicted molar refractivity (Wildman–Crippen MR) is 57.5 cm³/mol. The molecule has 1 aromatic carbocycles. The van der Waals surface area contributed by atoms with Crippen molar-refractivity contribution in [1.82, 2.24) is 0 Å². The molecule has 0 spiro atoms. The quantitative estimate of drug-likeness (QED) is 0.371. The summed E-state index contributed by atoms with van der Waals surface area (Å²) >= 11 is 1.97. The third-order valence-corrected chi connectivity index (χ3v) is 2.44. The van der Waals surface area contributed by atoms with Gasteiger partial charge in [0, 0.05) is 16.1 Å². The highest BCUT2D eigenvalue weighted by atomic mass is 127. The summed E-state index contributed by atoms with van der Waals surface area (Å²) in [6.07, 6.45) is 0. The number of non-ortho nitro benzene ring substituents is 1. The molecule has 6 nitrogen and oxygen atoms in total. The summed E-state index contributed by atoms with van der Waals surface area (Å²) in [6, 6.07) is 3.65. The molecule has 0 heterocycles. The Balaban J connectivity index is 3.27. The lowest BCUT2D eigenvalue weighted by atomic mass is 10.2. The zero-order valence-corrected chi connectivity index (χ0v) is 9.00. The summed E-state index contributed by atoms with van der Waals surface area (Å²) in [5.41, 5.74) is 0.0279. The molecular weight excluding hydrogens is 303 g/mol. The molecule has 0 atom stereocenters. The molecule has 0 aliphatic carbocycles. The second-order valence-corrected chi connectivity index (χ2v) is 3.22. The molecule has 1 rings (SSSR count). The molecule has 0 aliphatic rings. The minimum absolute atomic E-state index is 0.200. The van der Waals surface area contributed by atoms with Crippen LogP contribution >= 0.6 is 22.6 Å². The Morgan fingerprint density at radius 2 is 1.86 bits per heavy atom. The van der Waals surface area contributed by atoms with Gasteiger partial charge in [-0.2, -0.15) is 0 Å². The number of hydrogen-bond donors (Lipinski definition) is 0. The van der Waals surface area contributed by atoms with E-state index < -0.39 is 9.85 Å². The van der Waals surface area contributed by atoms with E-state index in [0.717, 1.165) is 6.07 Å². The van der Waals surface area contributed by atoms with Crippen molar-refractivity contribution in [2.45, 2.75) is 4.43 Å². The van der Waals surface area contributed by atoms with Crippen molar-refractivity contribution in [2.75, 3.05) is 0 Å². The van der Waals surface area contributed by atoms with Crippen LogP contribution in [0, 0.1) is 20.2 Å². The lowest BCUT2D eigenvalue weighted by Crippen LogP contribution is -1.95. The standard InChI is InChI=1S/C7H5IN2O4/c8-4-5-1-2-6(9(11)12)3-7(5)10(13)14/h1-3H,4H2. The summed E-state index contributed by atoms with van der Waals surface area (Å²) in [5, 5.41) is 20.9. The van der Waals surface area contributed by atoms with Crippen LogP contribution in [0.15, 0.2) is 18.2 Å². The number of halogens is 1. The van der Waals surface area contributed by atoms with Crippen LogP contribution in [-0.2, 0) is 4.43 Å². The van der Waals surface area contributed by atoms with Crippen molar-refractivity contribution in [2.24, 2.45) is 0 Å². The van der Waals surface area contributed by atoms with Gasteiger partial charge in [0.05, 0.1) is 15.9 Å². The number of benzene rings is 1. The van der Waals surface area contributed by atoms with Gasteiger partial charge in [0.1, 0.15) is 0 Å². The smallest absolute Gasteiger partial charge is 0.258 e. The third kappa shape index (κ3) is 2.16. The maximum absolute atomic E-state index is 10.5. The van der Waals surface area contributed by atoms with Crippen molar-refractivity contribution in [3.05, 3.63) is 44.0 Å². The van der Waals surface area contributed by atoms with Gasteiger partial charge in [-0.15, -0.1) is 0 Å². The fourth-order valence-corrected chi connectivity index (χ4v) is 1.59. The highest BCUT2D eigenvalue weighted by Crippen LogP contribution is 2.26. The van der Waals surface area contributed by atoms with E-state index in [1.165, 1.54) is 12.1 Å². The Bertz CT molecular complexity index is 393. The molecule has 0 aromatic heterocycles. The Morgan fingerprint density at radius 3 is 2.29 bits per heavy atom. The van der Waals surface area contributed by atoms with E-state index in [2.05, 4.69) is 0 Å². The monoisotopic (exact) mass is 308 g/mol. The van der Waals surface area contributed by atoms with E-state index in [-0.39, 0.29) is 11.4 Å². The number of rotatable bonds is 3. The highest BCUT2D eigenvalue weighted by Gasteiger charge is 2.17. The molecule has 0 N–H and O–H groups in total. The Hall–Kier alpha value is -1.25. The van der Waals surface area contributed by atoms with Gasteiger partial charge in [0.25, 0.3) is 11.4 Å². The molecule has 0 saturated carbocycles. The van der Waals surface area contributed by atoms with E-state index in [1.807, 2.05) is 22.6 Å². The second-order valence-electron chi connectivity index (χ2n) is 2.46.